The van der Waals surface area contributed by atoms with Crippen LogP contribution in [0.25, 0.3) is 0 Å². The van der Waals surface area contributed by atoms with Crippen LogP contribution in [-0.4, -0.2) is 52.6 Å². The fourth-order valence-corrected chi connectivity index (χ4v) is 0. The maximum atomic E-state index is 4.00. The maximum Gasteiger partial charge on any atom is 0 e. The smallest absolute Gasteiger partial charge is 0 e. The van der Waals surface area contributed by atoms with Gasteiger partial charge in [-0.15, -0.1) is 12.8 Å². The Balaban J connectivity index is -0.00000000500. The third-order valence-corrected chi connectivity index (χ3v) is 0. The van der Waals surface area contributed by atoms with Crippen molar-refractivity contribution in [2.75, 3.05) is 0 Å². The van der Waals surface area contributed by atoms with E-state index in [2.05, 4.69) is 12.8 Å². The van der Waals surface area contributed by atoms with Crippen molar-refractivity contribution < 1.29 is 0 Å². The summed E-state index contributed by atoms with van der Waals surface area (Å²) >= 11 is 0. The van der Waals surface area contributed by atoms with E-state index in [0.717, 1.165) is 0 Å². The van der Waals surface area contributed by atoms with Gasteiger partial charge in [0.2, 0.25) is 0 Å². The van der Waals surface area contributed by atoms with Gasteiger partial charge >= 0.3 is 0 Å². The van der Waals surface area contributed by atoms with Crippen LogP contribution in [0.5, 0.6) is 0 Å². The van der Waals surface area contributed by atoms with Crippen molar-refractivity contribution in [2.45, 2.75) is 0 Å². The molecule has 0 unspecified atom stereocenters. The topological polar surface area (TPSA) is 0 Å². The number of hydrogen-bond donors (Lipinski definition) is 0. The second kappa shape index (κ2) is 27.2. The molecule has 0 amide bonds. The summed E-state index contributed by atoms with van der Waals surface area (Å²) in [6.45, 7) is 0. The molecule has 0 atom stereocenters. The Labute approximate surface area is 64.8 Å². The van der Waals surface area contributed by atoms with Crippen molar-refractivity contribution >= 4 is 52.6 Å². The zero-order chi connectivity index (χ0) is 2.00. The van der Waals surface area contributed by atoms with Crippen LogP contribution >= 0.6 is 0 Å². The molecule has 0 aromatic heterocycles. The Hall–Kier alpha value is 1.33. The molecule has 0 saturated heterocycles. The predicted octanol–water partition coefficient (Wildman–Crippen LogP) is -0.512. The normalized spacial score (nSPS) is 0.500. The molecule has 2 heteroatoms. The van der Waals surface area contributed by atoms with Gasteiger partial charge in [0, 0.05) is 52.6 Å². The average Bonchev–Trinajstić information content (AvgIpc) is 1.00. The standard InChI is InChI=1S/C2H2.Mg.Na/c1-2;;/h1-2H;;. The molecule has 0 aromatic carbocycles. The van der Waals surface area contributed by atoms with Crippen LogP contribution in [-0.2, 0) is 0 Å². The first-order chi connectivity index (χ1) is 1.00. The molecular weight excluding hydrogens is 71.3 g/mol. The van der Waals surface area contributed by atoms with Crippen molar-refractivity contribution in [2.24, 2.45) is 0 Å². The van der Waals surface area contributed by atoms with Crippen molar-refractivity contribution in [1.29, 1.82) is 0 Å². The van der Waals surface area contributed by atoms with E-state index in [1.807, 2.05) is 0 Å². The monoisotopic (exact) mass is 73.0 g/mol. The third-order valence-electron chi connectivity index (χ3n) is 0. The maximum absolute atomic E-state index is 4.00. The number of terminal acetylenes is 1. The molecule has 0 nitrogen and oxygen atoms in total. The Morgan fingerprint density at radius 1 is 1.00 bits per heavy atom. The van der Waals surface area contributed by atoms with Crippen LogP contribution in [0.2, 0.25) is 0 Å². The first kappa shape index (κ1) is 18.4. The van der Waals surface area contributed by atoms with E-state index in [0.29, 0.717) is 0 Å². The number of hydrogen-bond acceptors (Lipinski definition) is 0. The minimum absolute atomic E-state index is 0. The Bertz CT molecular complexity index is 10.8. The average molecular weight is 73.3 g/mol. The van der Waals surface area contributed by atoms with Gasteiger partial charge in [0.1, 0.15) is 0 Å². The van der Waals surface area contributed by atoms with E-state index in [-0.39, 0.29) is 52.6 Å². The van der Waals surface area contributed by atoms with E-state index >= 15 is 0 Å². The van der Waals surface area contributed by atoms with Crippen molar-refractivity contribution in [3.05, 3.63) is 0 Å². The van der Waals surface area contributed by atoms with Crippen molar-refractivity contribution in [3.63, 3.8) is 0 Å². The minimum Gasteiger partial charge on any atom is -0.124 e. The van der Waals surface area contributed by atoms with Gasteiger partial charge in [-0.2, -0.15) is 0 Å². The Kier molecular flexibility index (Phi) is 125. The summed E-state index contributed by atoms with van der Waals surface area (Å²) in [5.41, 5.74) is 0. The van der Waals surface area contributed by atoms with Crippen LogP contribution in [0.3, 0.4) is 0 Å². The van der Waals surface area contributed by atoms with Crippen LogP contribution in [0.1, 0.15) is 0 Å². The zero-order valence-corrected chi connectivity index (χ0v) is 6.28. The van der Waals surface area contributed by atoms with Crippen molar-refractivity contribution in [1.82, 2.24) is 0 Å². The van der Waals surface area contributed by atoms with Gasteiger partial charge in [0.15, 0.2) is 0 Å². The van der Waals surface area contributed by atoms with E-state index in [9.17, 15) is 0 Å². The SMILES string of the molecule is C#C.[Mg].[Na]. The number of rotatable bonds is 0. The van der Waals surface area contributed by atoms with Gasteiger partial charge in [0.25, 0.3) is 0 Å². The molecule has 0 bridgehead atoms. The van der Waals surface area contributed by atoms with E-state index in [1.165, 1.54) is 0 Å². The van der Waals surface area contributed by atoms with Gasteiger partial charge in [-0.1, -0.05) is 0 Å². The fourth-order valence-electron chi connectivity index (χ4n) is 0. The first-order valence-corrected chi connectivity index (χ1v) is 0.333. The summed E-state index contributed by atoms with van der Waals surface area (Å²) in [6.07, 6.45) is 8.00. The molecule has 0 aromatic rings. The molecule has 4 heavy (non-hydrogen) atoms. The Morgan fingerprint density at radius 3 is 1.00 bits per heavy atom. The molecule has 0 spiro atoms. The molecule has 0 heterocycles. The molecular formula is C2H2MgNa. The van der Waals surface area contributed by atoms with Gasteiger partial charge in [0.05, 0.1) is 0 Å². The minimum atomic E-state index is 0. The molecule has 13 valence electrons. The molecule has 0 aliphatic heterocycles. The van der Waals surface area contributed by atoms with E-state index < -0.39 is 0 Å². The summed E-state index contributed by atoms with van der Waals surface area (Å²) in [4.78, 5) is 0. The van der Waals surface area contributed by atoms with E-state index in [1.54, 1.807) is 0 Å². The molecule has 0 aliphatic rings. The molecule has 0 aliphatic carbocycles. The summed E-state index contributed by atoms with van der Waals surface area (Å²) in [5.74, 6) is 0. The Morgan fingerprint density at radius 2 is 1.00 bits per heavy atom. The largest absolute Gasteiger partial charge is 0.124 e. The van der Waals surface area contributed by atoms with Gasteiger partial charge in [-0.05, 0) is 0 Å². The van der Waals surface area contributed by atoms with Crippen LogP contribution in [0, 0.1) is 12.8 Å². The first-order valence-electron chi connectivity index (χ1n) is 0.333. The van der Waals surface area contributed by atoms with Crippen LogP contribution in [0.4, 0.5) is 0 Å². The zero-order valence-electron chi connectivity index (χ0n) is 2.86. The van der Waals surface area contributed by atoms with Crippen molar-refractivity contribution in [3.8, 4) is 12.8 Å². The van der Waals surface area contributed by atoms with Gasteiger partial charge in [-0.3, -0.25) is 0 Å². The molecule has 0 N–H and O–H groups in total. The molecule has 0 saturated carbocycles. The molecule has 3 radical (unpaired) electrons. The molecule has 0 rings (SSSR count). The third kappa shape index (κ3) is 10.2. The van der Waals surface area contributed by atoms with E-state index in [4.69, 9.17) is 0 Å². The van der Waals surface area contributed by atoms with Gasteiger partial charge in [-0.25, -0.2) is 0 Å². The summed E-state index contributed by atoms with van der Waals surface area (Å²) < 4.78 is 0. The fraction of sp³-hybridized carbons (Fsp3) is 0. The summed E-state index contributed by atoms with van der Waals surface area (Å²) in [7, 11) is 0. The van der Waals surface area contributed by atoms with Crippen LogP contribution < -0.4 is 0 Å². The quantitative estimate of drug-likeness (QED) is 0.268. The second-order valence-corrected chi connectivity index (χ2v) is 0. The second-order valence-electron chi connectivity index (χ2n) is 0. The van der Waals surface area contributed by atoms with Crippen LogP contribution in [0.15, 0.2) is 0 Å². The summed E-state index contributed by atoms with van der Waals surface area (Å²) in [6, 6.07) is 0. The predicted molar refractivity (Wildman–Crippen MR) is 21.4 cm³/mol. The summed E-state index contributed by atoms with van der Waals surface area (Å²) in [5, 5.41) is 0. The molecule has 0 fully saturated rings. The van der Waals surface area contributed by atoms with Gasteiger partial charge < -0.3 is 0 Å².